The Morgan fingerprint density at radius 1 is 1.16 bits per heavy atom. The second kappa shape index (κ2) is 11.7. The molecule has 2 aromatic heterocycles. The van der Waals surface area contributed by atoms with E-state index in [9.17, 15) is 4.79 Å². The second-order valence-electron chi connectivity index (χ2n) is 9.15. The van der Waals surface area contributed by atoms with Crippen LogP contribution in [0.4, 0.5) is 5.82 Å². The van der Waals surface area contributed by atoms with Gasteiger partial charge in [0.2, 0.25) is 0 Å². The number of anilines is 1. The maximum absolute atomic E-state index is 12.9. The summed E-state index contributed by atoms with van der Waals surface area (Å²) in [6.07, 6.45) is 22.4. The monoisotopic (exact) mass is 513 g/mol. The number of halogens is 1. The molecule has 0 saturated heterocycles. The van der Waals surface area contributed by atoms with Crippen molar-refractivity contribution in [2.24, 2.45) is 0 Å². The number of fused-ring (bicyclic) bond motifs is 1. The smallest absolute Gasteiger partial charge is 0.250 e. The van der Waals surface area contributed by atoms with Gasteiger partial charge in [0.15, 0.2) is 5.65 Å². The van der Waals surface area contributed by atoms with Gasteiger partial charge in [0.05, 0.1) is 11.3 Å². The zero-order chi connectivity index (χ0) is 25.6. The van der Waals surface area contributed by atoms with Crippen molar-refractivity contribution in [1.29, 1.82) is 0 Å². The van der Waals surface area contributed by atoms with Crippen LogP contribution >= 0.6 is 11.6 Å². The van der Waals surface area contributed by atoms with Crippen LogP contribution in [0.3, 0.4) is 0 Å². The lowest BCUT2D eigenvalue weighted by atomic mass is 10.00. The van der Waals surface area contributed by atoms with E-state index < -0.39 is 0 Å². The lowest BCUT2D eigenvalue weighted by Crippen LogP contribution is -2.29. The standard InChI is InChI=1S/C28H29BClN5O2/c29-22-18-33-35-26(17-24(34-27(22)35)20-11-4-6-13-23(20)30)31-15-8-16-32-28(36)21-12-5-7-14-25(21)37-19-9-2-1-3-10-19/h1-4,7,9,11,14,17-19,31H,5-6,8,10,12-13,15-16H2,(H,32,36). The van der Waals surface area contributed by atoms with Gasteiger partial charge in [-0.1, -0.05) is 48.1 Å². The predicted molar refractivity (Wildman–Crippen MR) is 149 cm³/mol. The zero-order valence-corrected chi connectivity index (χ0v) is 21.4. The average Bonchev–Trinajstić information content (AvgIpc) is 3.30. The Labute approximate surface area is 223 Å². The number of ether oxygens (including phenoxy) is 1. The molecule has 0 bridgehead atoms. The molecule has 37 heavy (non-hydrogen) atoms. The second-order valence-corrected chi connectivity index (χ2v) is 9.60. The molecule has 2 radical (unpaired) electrons. The van der Waals surface area contributed by atoms with Gasteiger partial charge in [0.25, 0.3) is 5.91 Å². The van der Waals surface area contributed by atoms with E-state index in [0.29, 0.717) is 42.0 Å². The summed E-state index contributed by atoms with van der Waals surface area (Å²) in [6, 6.07) is 1.93. The zero-order valence-electron chi connectivity index (χ0n) is 20.6. The first-order valence-corrected chi connectivity index (χ1v) is 13.1. The van der Waals surface area contributed by atoms with Crippen LogP contribution < -0.4 is 16.1 Å². The summed E-state index contributed by atoms with van der Waals surface area (Å²) >= 11 is 6.49. The highest BCUT2D eigenvalue weighted by Crippen LogP contribution is 2.30. The number of carbonyl (C=O) groups is 1. The minimum Gasteiger partial charge on any atom is -0.486 e. The van der Waals surface area contributed by atoms with Gasteiger partial charge in [-0.3, -0.25) is 4.79 Å². The highest BCUT2D eigenvalue weighted by Gasteiger charge is 2.20. The number of nitrogens with zero attached hydrogens (tertiary/aromatic N) is 3. The molecule has 0 spiro atoms. The van der Waals surface area contributed by atoms with Crippen molar-refractivity contribution >= 4 is 47.9 Å². The van der Waals surface area contributed by atoms with E-state index >= 15 is 0 Å². The Morgan fingerprint density at radius 3 is 2.86 bits per heavy atom. The molecule has 3 aliphatic rings. The fourth-order valence-electron chi connectivity index (χ4n) is 4.50. The van der Waals surface area contributed by atoms with Crippen LogP contribution in [0.15, 0.2) is 77.2 Å². The molecule has 5 rings (SSSR count). The fourth-order valence-corrected chi connectivity index (χ4v) is 4.77. The van der Waals surface area contributed by atoms with Crippen LogP contribution in [0.5, 0.6) is 0 Å². The topological polar surface area (TPSA) is 80.5 Å². The average molecular weight is 514 g/mol. The number of hydrogen-bond donors (Lipinski definition) is 2. The van der Waals surface area contributed by atoms with Crippen LogP contribution in [0.25, 0.3) is 11.2 Å². The number of amides is 1. The van der Waals surface area contributed by atoms with E-state index in [1.165, 1.54) is 0 Å². The number of hydrogen-bond acceptors (Lipinski definition) is 5. The van der Waals surface area contributed by atoms with E-state index in [-0.39, 0.29) is 12.0 Å². The van der Waals surface area contributed by atoms with Crippen LogP contribution in [-0.2, 0) is 9.53 Å². The van der Waals surface area contributed by atoms with Crippen LogP contribution in [0, 0.1) is 0 Å². The first-order valence-electron chi connectivity index (χ1n) is 12.7. The summed E-state index contributed by atoms with van der Waals surface area (Å²) in [4.78, 5) is 17.6. The van der Waals surface area contributed by atoms with Crippen molar-refractivity contribution in [3.05, 3.63) is 82.9 Å². The van der Waals surface area contributed by atoms with E-state index in [1.54, 1.807) is 10.7 Å². The molecule has 2 aromatic rings. The number of nitrogens with one attached hydrogen (secondary N) is 2. The van der Waals surface area contributed by atoms with Crippen molar-refractivity contribution in [1.82, 2.24) is 19.9 Å². The highest BCUT2D eigenvalue weighted by molar-refractivity contribution is 6.36. The van der Waals surface area contributed by atoms with Crippen molar-refractivity contribution in [3.8, 4) is 0 Å². The molecule has 1 unspecified atom stereocenters. The molecule has 0 fully saturated rings. The van der Waals surface area contributed by atoms with Crippen molar-refractivity contribution in [3.63, 3.8) is 0 Å². The lowest BCUT2D eigenvalue weighted by molar-refractivity contribution is -0.117. The molecule has 1 amide bonds. The first-order chi connectivity index (χ1) is 18.1. The van der Waals surface area contributed by atoms with Gasteiger partial charge in [-0.05, 0) is 49.7 Å². The largest absolute Gasteiger partial charge is 0.486 e. The third kappa shape index (κ3) is 5.91. The minimum atomic E-state index is -0.0752. The molecule has 7 nitrogen and oxygen atoms in total. The predicted octanol–water partition coefficient (Wildman–Crippen LogP) is 4.25. The van der Waals surface area contributed by atoms with Crippen molar-refractivity contribution in [2.75, 3.05) is 18.4 Å². The maximum Gasteiger partial charge on any atom is 0.250 e. The third-order valence-electron chi connectivity index (χ3n) is 6.45. The van der Waals surface area contributed by atoms with Gasteiger partial charge < -0.3 is 15.4 Å². The summed E-state index contributed by atoms with van der Waals surface area (Å²) in [5.41, 5.74) is 3.44. The van der Waals surface area contributed by atoms with Gasteiger partial charge in [-0.2, -0.15) is 9.61 Å². The van der Waals surface area contributed by atoms with Crippen molar-refractivity contribution in [2.45, 2.75) is 44.6 Å². The number of allylic oxidation sites excluding steroid dienone is 8. The number of aromatic nitrogens is 3. The Balaban J connectivity index is 1.20. The summed E-state index contributed by atoms with van der Waals surface area (Å²) in [5.74, 6) is 1.36. The molecular weight excluding hydrogens is 485 g/mol. The third-order valence-corrected chi connectivity index (χ3v) is 6.84. The lowest BCUT2D eigenvalue weighted by Gasteiger charge is -2.21. The molecule has 0 saturated carbocycles. The Kier molecular flexibility index (Phi) is 7.95. The molecule has 188 valence electrons. The van der Waals surface area contributed by atoms with Gasteiger partial charge in [0, 0.05) is 42.4 Å². The van der Waals surface area contributed by atoms with Crippen LogP contribution in [-0.4, -0.2) is 47.5 Å². The molecule has 9 heteroatoms. The molecule has 2 heterocycles. The normalized spacial score (nSPS) is 19.1. The maximum atomic E-state index is 12.9. The quantitative estimate of drug-likeness (QED) is 0.387. The molecule has 1 atom stereocenters. The van der Waals surface area contributed by atoms with Crippen molar-refractivity contribution < 1.29 is 9.53 Å². The van der Waals surface area contributed by atoms with E-state index in [4.69, 9.17) is 29.2 Å². The van der Waals surface area contributed by atoms with Crippen LogP contribution in [0.1, 0.15) is 44.2 Å². The van der Waals surface area contributed by atoms with Gasteiger partial charge in [-0.15, -0.1) is 0 Å². The summed E-state index contributed by atoms with van der Waals surface area (Å²) in [5, 5.41) is 11.6. The van der Waals surface area contributed by atoms with E-state index in [1.807, 2.05) is 36.4 Å². The van der Waals surface area contributed by atoms with Gasteiger partial charge in [0.1, 0.15) is 25.5 Å². The minimum absolute atomic E-state index is 0.0390. The van der Waals surface area contributed by atoms with Gasteiger partial charge in [-0.25, -0.2) is 4.98 Å². The van der Waals surface area contributed by atoms with Crippen LogP contribution in [0.2, 0.25) is 0 Å². The number of rotatable bonds is 9. The first kappa shape index (κ1) is 25.1. The molecule has 0 aromatic carbocycles. The summed E-state index contributed by atoms with van der Waals surface area (Å²) < 4.78 is 7.79. The van der Waals surface area contributed by atoms with E-state index in [2.05, 4.69) is 34.0 Å². The molecule has 3 aliphatic carbocycles. The Morgan fingerprint density at radius 2 is 2.03 bits per heavy atom. The number of carbonyl (C=O) groups excluding carboxylic acids is 1. The molecule has 2 N–H and O–H groups in total. The molecule has 0 aliphatic heterocycles. The highest BCUT2D eigenvalue weighted by atomic mass is 35.5. The molecular formula is C28H29BClN5O2. The SMILES string of the molecule is [B]c1cnn2c(NCCCNC(=O)C3=C(OC4C=CC=CC4)C=CCC3)cc(C3=C(Cl)CCC=C3)nc12. The van der Waals surface area contributed by atoms with E-state index in [0.717, 1.165) is 54.2 Å². The summed E-state index contributed by atoms with van der Waals surface area (Å²) in [6.45, 7) is 1.16. The fraction of sp³-hybridized carbons (Fsp3) is 0.321. The Bertz CT molecular complexity index is 1370. The van der Waals surface area contributed by atoms with Gasteiger partial charge >= 0.3 is 0 Å². The Hall–Kier alpha value is -3.52. The summed E-state index contributed by atoms with van der Waals surface area (Å²) in [7, 11) is 6.11.